The van der Waals surface area contributed by atoms with E-state index in [1.54, 1.807) is 43.1 Å². The lowest BCUT2D eigenvalue weighted by Crippen LogP contribution is -2.47. The van der Waals surface area contributed by atoms with Gasteiger partial charge in [-0.25, -0.2) is 4.39 Å². The number of amides is 2. The van der Waals surface area contributed by atoms with E-state index < -0.39 is 5.41 Å². The summed E-state index contributed by atoms with van der Waals surface area (Å²) in [7, 11) is 0. The number of hydrogen-bond acceptors (Lipinski definition) is 3. The number of hydrogen-bond donors (Lipinski definition) is 2. The van der Waals surface area contributed by atoms with E-state index in [2.05, 4.69) is 15.5 Å². The Balaban J connectivity index is 1.80. The molecule has 1 aliphatic heterocycles. The predicted molar refractivity (Wildman–Crippen MR) is 101 cm³/mol. The molecular formula is C20H25FN4O2. The van der Waals surface area contributed by atoms with Crippen molar-refractivity contribution in [3.05, 3.63) is 47.5 Å². The van der Waals surface area contributed by atoms with Gasteiger partial charge in [-0.05, 0) is 32.8 Å². The molecule has 0 radical (unpaired) electrons. The standard InChI is InChI=1S/C20H25FN4O2/c1-13(26)23-17-11-22-24-18(17)14-7-6-10-25(12-14)19(27)20(2,3)15-8-4-5-9-16(15)21/h4-5,8-9,11,14H,6-7,10,12H2,1-3H3,(H,22,24)(H,23,26)/t14-/m1/s1. The average molecular weight is 372 g/mol. The number of carbonyl (C=O) groups is 2. The van der Waals surface area contributed by atoms with Gasteiger partial charge in [-0.3, -0.25) is 14.7 Å². The number of piperidine rings is 1. The van der Waals surface area contributed by atoms with Gasteiger partial charge in [0.2, 0.25) is 11.8 Å². The zero-order valence-corrected chi connectivity index (χ0v) is 15.9. The summed E-state index contributed by atoms with van der Waals surface area (Å²) in [6.45, 7) is 6.11. The number of nitrogens with zero attached hydrogens (tertiary/aromatic N) is 2. The van der Waals surface area contributed by atoms with Crippen molar-refractivity contribution >= 4 is 17.5 Å². The molecule has 1 aromatic heterocycles. The van der Waals surface area contributed by atoms with Crippen LogP contribution in [0.5, 0.6) is 0 Å². The molecule has 2 amide bonds. The van der Waals surface area contributed by atoms with E-state index in [0.717, 1.165) is 18.5 Å². The maximum absolute atomic E-state index is 14.3. The Kier molecular flexibility index (Phi) is 5.30. The van der Waals surface area contributed by atoms with Gasteiger partial charge in [-0.15, -0.1) is 0 Å². The quantitative estimate of drug-likeness (QED) is 0.865. The van der Waals surface area contributed by atoms with Crippen molar-refractivity contribution in [1.82, 2.24) is 15.1 Å². The summed E-state index contributed by atoms with van der Waals surface area (Å²) >= 11 is 0. The molecule has 1 atom stereocenters. The SMILES string of the molecule is CC(=O)Nc1cn[nH]c1[C@@H]1CCCN(C(=O)C(C)(C)c2ccccc2F)C1. The number of likely N-dealkylation sites (tertiary alicyclic amines) is 1. The van der Waals surface area contributed by atoms with Crippen LogP contribution in [-0.2, 0) is 15.0 Å². The number of H-pyrrole nitrogens is 1. The van der Waals surface area contributed by atoms with Gasteiger partial charge in [0, 0.05) is 31.5 Å². The third-order valence-electron chi connectivity index (χ3n) is 5.18. The van der Waals surface area contributed by atoms with Crippen LogP contribution >= 0.6 is 0 Å². The van der Waals surface area contributed by atoms with Gasteiger partial charge in [0.1, 0.15) is 5.82 Å². The maximum atomic E-state index is 14.3. The van der Waals surface area contributed by atoms with Crippen LogP contribution in [0.3, 0.4) is 0 Å². The summed E-state index contributed by atoms with van der Waals surface area (Å²) in [5.74, 6) is -0.589. The van der Waals surface area contributed by atoms with Crippen molar-refractivity contribution in [3.8, 4) is 0 Å². The lowest BCUT2D eigenvalue weighted by molar-refractivity contribution is -0.137. The number of carbonyl (C=O) groups excluding carboxylic acids is 2. The average Bonchev–Trinajstić information content (AvgIpc) is 3.08. The van der Waals surface area contributed by atoms with Crippen LogP contribution in [0.15, 0.2) is 30.5 Å². The van der Waals surface area contributed by atoms with Gasteiger partial charge in [-0.1, -0.05) is 18.2 Å². The van der Waals surface area contributed by atoms with Crippen molar-refractivity contribution in [2.75, 3.05) is 18.4 Å². The molecule has 3 rings (SSSR count). The highest BCUT2D eigenvalue weighted by Gasteiger charge is 2.38. The summed E-state index contributed by atoms with van der Waals surface area (Å²) in [5, 5.41) is 9.77. The zero-order valence-electron chi connectivity index (χ0n) is 15.9. The van der Waals surface area contributed by atoms with E-state index in [1.807, 2.05) is 0 Å². The minimum Gasteiger partial charge on any atom is -0.341 e. The lowest BCUT2D eigenvalue weighted by Gasteiger charge is -2.38. The number of aromatic nitrogens is 2. The van der Waals surface area contributed by atoms with Gasteiger partial charge in [0.25, 0.3) is 0 Å². The van der Waals surface area contributed by atoms with Gasteiger partial charge in [-0.2, -0.15) is 5.10 Å². The number of halogens is 1. The molecule has 0 saturated carbocycles. The number of nitrogens with one attached hydrogen (secondary N) is 2. The highest BCUT2D eigenvalue weighted by molar-refractivity contribution is 5.89. The molecule has 0 unspecified atom stereocenters. The highest BCUT2D eigenvalue weighted by atomic mass is 19.1. The first-order valence-electron chi connectivity index (χ1n) is 9.16. The molecule has 6 nitrogen and oxygen atoms in total. The molecule has 2 N–H and O–H groups in total. The lowest BCUT2D eigenvalue weighted by atomic mass is 9.81. The Morgan fingerprint density at radius 2 is 2.07 bits per heavy atom. The van der Waals surface area contributed by atoms with E-state index in [9.17, 15) is 14.0 Å². The monoisotopic (exact) mass is 372 g/mol. The highest BCUT2D eigenvalue weighted by Crippen LogP contribution is 2.34. The number of rotatable bonds is 4. The third-order valence-corrected chi connectivity index (χ3v) is 5.18. The zero-order chi connectivity index (χ0) is 19.6. The molecule has 2 heterocycles. The van der Waals surface area contributed by atoms with Crippen molar-refractivity contribution in [2.45, 2.75) is 44.9 Å². The summed E-state index contributed by atoms with van der Waals surface area (Å²) in [4.78, 5) is 26.4. The molecule has 1 fully saturated rings. The molecule has 1 aromatic carbocycles. The Bertz CT molecular complexity index is 846. The molecule has 144 valence electrons. The topological polar surface area (TPSA) is 78.1 Å². The Morgan fingerprint density at radius 3 is 2.78 bits per heavy atom. The molecule has 0 bridgehead atoms. The second-order valence-electron chi connectivity index (χ2n) is 7.57. The van der Waals surface area contributed by atoms with Crippen LogP contribution in [0, 0.1) is 5.82 Å². The number of anilines is 1. The van der Waals surface area contributed by atoms with Crippen molar-refractivity contribution in [2.24, 2.45) is 0 Å². The second kappa shape index (κ2) is 7.50. The Labute approximate surface area is 158 Å². The summed E-state index contributed by atoms with van der Waals surface area (Å²) < 4.78 is 14.3. The first kappa shape index (κ1) is 19.1. The number of aromatic amines is 1. The van der Waals surface area contributed by atoms with E-state index in [0.29, 0.717) is 24.3 Å². The van der Waals surface area contributed by atoms with Crippen LogP contribution in [0.25, 0.3) is 0 Å². The number of benzene rings is 1. The van der Waals surface area contributed by atoms with E-state index in [1.165, 1.54) is 13.0 Å². The van der Waals surface area contributed by atoms with Gasteiger partial charge in [0.15, 0.2) is 0 Å². The molecule has 0 spiro atoms. The molecule has 1 aliphatic rings. The van der Waals surface area contributed by atoms with E-state index >= 15 is 0 Å². The molecule has 27 heavy (non-hydrogen) atoms. The predicted octanol–water partition coefficient (Wildman–Crippen LogP) is 3.19. The van der Waals surface area contributed by atoms with Crippen LogP contribution < -0.4 is 5.32 Å². The third kappa shape index (κ3) is 3.86. The fourth-order valence-electron chi connectivity index (χ4n) is 3.77. The van der Waals surface area contributed by atoms with Crippen LogP contribution in [-0.4, -0.2) is 40.0 Å². The van der Waals surface area contributed by atoms with E-state index in [-0.39, 0.29) is 23.5 Å². The molecule has 0 aliphatic carbocycles. The summed E-state index contributed by atoms with van der Waals surface area (Å²) in [6, 6.07) is 6.42. The van der Waals surface area contributed by atoms with Gasteiger partial charge in [0.05, 0.1) is 23.0 Å². The van der Waals surface area contributed by atoms with Crippen LogP contribution in [0.2, 0.25) is 0 Å². The summed E-state index contributed by atoms with van der Waals surface area (Å²) in [5.41, 5.74) is 0.918. The van der Waals surface area contributed by atoms with Crippen LogP contribution in [0.4, 0.5) is 10.1 Å². The molecular weight excluding hydrogens is 347 g/mol. The first-order valence-corrected chi connectivity index (χ1v) is 9.16. The Hall–Kier alpha value is -2.70. The van der Waals surface area contributed by atoms with Crippen LogP contribution in [0.1, 0.15) is 50.8 Å². The minimum atomic E-state index is -0.957. The van der Waals surface area contributed by atoms with Crippen molar-refractivity contribution < 1.29 is 14.0 Å². The normalized spacial score (nSPS) is 17.6. The maximum Gasteiger partial charge on any atom is 0.232 e. The fourth-order valence-corrected chi connectivity index (χ4v) is 3.77. The van der Waals surface area contributed by atoms with E-state index in [4.69, 9.17) is 0 Å². The first-order chi connectivity index (χ1) is 12.8. The Morgan fingerprint density at radius 1 is 1.33 bits per heavy atom. The van der Waals surface area contributed by atoms with Gasteiger partial charge < -0.3 is 10.2 Å². The minimum absolute atomic E-state index is 0.0449. The van der Waals surface area contributed by atoms with Crippen molar-refractivity contribution in [1.29, 1.82) is 0 Å². The molecule has 7 heteroatoms. The van der Waals surface area contributed by atoms with Gasteiger partial charge >= 0.3 is 0 Å². The molecule has 2 aromatic rings. The smallest absolute Gasteiger partial charge is 0.232 e. The summed E-state index contributed by atoms with van der Waals surface area (Å²) in [6.07, 6.45) is 3.31. The largest absolute Gasteiger partial charge is 0.341 e. The molecule has 1 saturated heterocycles. The fraction of sp³-hybridized carbons (Fsp3) is 0.450. The van der Waals surface area contributed by atoms with Crippen molar-refractivity contribution in [3.63, 3.8) is 0 Å². The second-order valence-corrected chi connectivity index (χ2v) is 7.57.